The molecule has 176 valence electrons. The second kappa shape index (κ2) is 10.4. The number of carbonyl (C=O) groups is 2. The number of aryl methyl sites for hydroxylation is 1. The van der Waals surface area contributed by atoms with Crippen LogP contribution in [0.3, 0.4) is 0 Å². The molecule has 4 rings (SSSR count). The van der Waals surface area contributed by atoms with Gasteiger partial charge in [-0.3, -0.25) is 5.32 Å². The van der Waals surface area contributed by atoms with E-state index in [9.17, 15) is 14.0 Å². The lowest BCUT2D eigenvalue weighted by Crippen LogP contribution is -2.50. The molecule has 3 aromatic rings. The van der Waals surface area contributed by atoms with Crippen LogP contribution in [0.4, 0.5) is 36.9 Å². The lowest BCUT2D eigenvalue weighted by Gasteiger charge is -2.36. The van der Waals surface area contributed by atoms with Crippen molar-refractivity contribution in [3.8, 4) is 0 Å². The summed E-state index contributed by atoms with van der Waals surface area (Å²) in [5.74, 6) is 0.0362. The Labute approximate surface area is 201 Å². The van der Waals surface area contributed by atoms with E-state index in [0.717, 1.165) is 11.3 Å². The van der Waals surface area contributed by atoms with Gasteiger partial charge in [0.05, 0.1) is 16.4 Å². The van der Waals surface area contributed by atoms with Crippen molar-refractivity contribution in [3.63, 3.8) is 0 Å². The van der Waals surface area contributed by atoms with Gasteiger partial charge in [-0.15, -0.1) is 0 Å². The average Bonchev–Trinajstić information content (AvgIpc) is 2.82. The molecule has 2 heterocycles. The predicted octanol–water partition coefficient (Wildman–Crippen LogP) is 5.18. The molecule has 1 aliphatic rings. The Hall–Kier alpha value is -3.85. The Morgan fingerprint density at radius 3 is 2.44 bits per heavy atom. The highest BCUT2D eigenvalue weighted by molar-refractivity contribution is 6.33. The van der Waals surface area contributed by atoms with E-state index in [2.05, 4.69) is 25.8 Å². The van der Waals surface area contributed by atoms with Crippen LogP contribution in [0.1, 0.15) is 5.56 Å². The molecule has 8 nitrogen and oxygen atoms in total. The minimum atomic E-state index is -0.573. The third-order valence-electron chi connectivity index (χ3n) is 5.47. The summed E-state index contributed by atoms with van der Waals surface area (Å²) in [6.07, 6.45) is 1.64. The summed E-state index contributed by atoms with van der Waals surface area (Å²) in [4.78, 5) is 32.8. The van der Waals surface area contributed by atoms with Crippen LogP contribution >= 0.6 is 11.6 Å². The van der Waals surface area contributed by atoms with Crippen molar-refractivity contribution in [2.75, 3.05) is 47.0 Å². The van der Waals surface area contributed by atoms with E-state index in [1.807, 2.05) is 25.1 Å². The van der Waals surface area contributed by atoms with E-state index in [0.29, 0.717) is 42.7 Å². The summed E-state index contributed by atoms with van der Waals surface area (Å²) in [6, 6.07) is 14.1. The highest BCUT2D eigenvalue weighted by atomic mass is 35.5. The van der Waals surface area contributed by atoms with Gasteiger partial charge in [0.2, 0.25) is 0 Å². The zero-order chi connectivity index (χ0) is 24.1. The van der Waals surface area contributed by atoms with E-state index < -0.39 is 11.8 Å². The fraction of sp³-hybridized carbons (Fsp3) is 0.208. The number of amides is 4. The quantitative estimate of drug-likeness (QED) is 0.478. The minimum absolute atomic E-state index is 0.0860. The summed E-state index contributed by atoms with van der Waals surface area (Å²) in [5, 5.41) is 8.44. The first kappa shape index (κ1) is 23.3. The second-order valence-corrected chi connectivity index (χ2v) is 8.21. The standard InChI is InChI=1S/C24H24ClFN6O2/c1-16-5-4-10-27-22(16)30-24(34)32-13-11-31(12-14-32)21-9-8-17(15-18(21)25)28-23(33)29-20-7-3-2-6-19(20)26/h2-10,15H,11-14H2,1H3,(H,27,30,34)(H2,28,29,33). The number of pyridine rings is 1. The molecular weight excluding hydrogens is 459 g/mol. The van der Waals surface area contributed by atoms with Gasteiger partial charge in [-0.05, 0) is 48.9 Å². The Morgan fingerprint density at radius 1 is 0.971 bits per heavy atom. The van der Waals surface area contributed by atoms with E-state index in [-0.39, 0.29) is 11.7 Å². The van der Waals surface area contributed by atoms with Crippen LogP contribution < -0.4 is 20.9 Å². The van der Waals surface area contributed by atoms with E-state index in [1.165, 1.54) is 12.1 Å². The SMILES string of the molecule is Cc1cccnc1NC(=O)N1CCN(c2ccc(NC(=O)Nc3ccccc3F)cc2Cl)CC1. The smallest absolute Gasteiger partial charge is 0.323 e. The van der Waals surface area contributed by atoms with Gasteiger partial charge in [0.25, 0.3) is 0 Å². The maximum absolute atomic E-state index is 13.7. The molecule has 1 aromatic heterocycles. The third-order valence-corrected chi connectivity index (χ3v) is 5.77. The van der Waals surface area contributed by atoms with Gasteiger partial charge < -0.3 is 20.4 Å². The Kier molecular flexibility index (Phi) is 7.12. The Balaban J connectivity index is 1.32. The monoisotopic (exact) mass is 482 g/mol. The molecule has 0 aliphatic carbocycles. The van der Waals surface area contributed by atoms with Crippen molar-refractivity contribution in [1.29, 1.82) is 0 Å². The van der Waals surface area contributed by atoms with Crippen LogP contribution in [0.2, 0.25) is 5.02 Å². The summed E-state index contributed by atoms with van der Waals surface area (Å²) in [5.41, 5.74) is 2.27. The molecule has 4 amide bonds. The van der Waals surface area contributed by atoms with Crippen LogP contribution in [0.25, 0.3) is 0 Å². The van der Waals surface area contributed by atoms with Crippen LogP contribution in [-0.4, -0.2) is 48.1 Å². The highest BCUT2D eigenvalue weighted by Crippen LogP contribution is 2.30. The number of halogens is 2. The van der Waals surface area contributed by atoms with E-state index in [4.69, 9.17) is 11.6 Å². The molecule has 34 heavy (non-hydrogen) atoms. The fourth-order valence-electron chi connectivity index (χ4n) is 3.64. The van der Waals surface area contributed by atoms with Crippen molar-refractivity contribution in [2.45, 2.75) is 6.92 Å². The van der Waals surface area contributed by atoms with Crippen LogP contribution in [0.15, 0.2) is 60.8 Å². The largest absolute Gasteiger partial charge is 0.367 e. The summed E-state index contributed by atoms with van der Waals surface area (Å²) in [7, 11) is 0. The topological polar surface area (TPSA) is 89.6 Å². The number of hydrogen-bond acceptors (Lipinski definition) is 4. The van der Waals surface area contributed by atoms with Gasteiger partial charge in [0, 0.05) is 38.1 Å². The Morgan fingerprint density at radius 2 is 1.74 bits per heavy atom. The molecule has 0 radical (unpaired) electrons. The first-order valence-corrected chi connectivity index (χ1v) is 11.1. The van der Waals surface area contributed by atoms with Crippen molar-refractivity contribution < 1.29 is 14.0 Å². The van der Waals surface area contributed by atoms with Gasteiger partial charge in [-0.2, -0.15) is 0 Å². The van der Waals surface area contributed by atoms with Crippen LogP contribution in [-0.2, 0) is 0 Å². The van der Waals surface area contributed by atoms with Crippen LogP contribution in [0, 0.1) is 12.7 Å². The first-order chi connectivity index (χ1) is 16.4. The molecule has 3 N–H and O–H groups in total. The second-order valence-electron chi connectivity index (χ2n) is 7.80. The number of rotatable bonds is 4. The van der Waals surface area contributed by atoms with Gasteiger partial charge in [-0.1, -0.05) is 29.8 Å². The van der Waals surface area contributed by atoms with Crippen molar-refractivity contribution in [3.05, 3.63) is 77.2 Å². The number of hydrogen-bond donors (Lipinski definition) is 3. The molecule has 0 spiro atoms. The van der Waals surface area contributed by atoms with Crippen molar-refractivity contribution >= 4 is 46.5 Å². The number of urea groups is 2. The van der Waals surface area contributed by atoms with Gasteiger partial charge >= 0.3 is 12.1 Å². The lowest BCUT2D eigenvalue weighted by atomic mass is 10.2. The summed E-state index contributed by atoms with van der Waals surface area (Å²) < 4.78 is 13.7. The summed E-state index contributed by atoms with van der Waals surface area (Å²) in [6.45, 7) is 4.16. The molecule has 2 aromatic carbocycles. The highest BCUT2D eigenvalue weighted by Gasteiger charge is 2.23. The number of para-hydroxylation sites is 1. The number of anilines is 4. The van der Waals surface area contributed by atoms with Crippen molar-refractivity contribution in [1.82, 2.24) is 9.88 Å². The number of nitrogens with one attached hydrogen (secondary N) is 3. The summed E-state index contributed by atoms with van der Waals surface area (Å²) >= 11 is 6.48. The van der Waals surface area contributed by atoms with Gasteiger partial charge in [0.1, 0.15) is 11.6 Å². The Bertz CT molecular complexity index is 1200. The number of benzene rings is 2. The lowest BCUT2D eigenvalue weighted by molar-refractivity contribution is 0.208. The molecule has 0 saturated carbocycles. The maximum Gasteiger partial charge on any atom is 0.323 e. The molecule has 0 bridgehead atoms. The maximum atomic E-state index is 13.7. The third kappa shape index (κ3) is 5.55. The average molecular weight is 483 g/mol. The molecule has 0 atom stereocenters. The molecule has 0 unspecified atom stereocenters. The van der Waals surface area contributed by atoms with Crippen LogP contribution in [0.5, 0.6) is 0 Å². The van der Waals surface area contributed by atoms with Crippen molar-refractivity contribution in [2.24, 2.45) is 0 Å². The van der Waals surface area contributed by atoms with E-state index >= 15 is 0 Å². The number of aromatic nitrogens is 1. The minimum Gasteiger partial charge on any atom is -0.367 e. The number of nitrogens with zero attached hydrogens (tertiary/aromatic N) is 3. The normalized spacial score (nSPS) is 13.4. The molecular formula is C24H24ClFN6O2. The fourth-order valence-corrected chi connectivity index (χ4v) is 3.94. The van der Waals surface area contributed by atoms with Gasteiger partial charge in [-0.25, -0.2) is 19.0 Å². The molecule has 1 aliphatic heterocycles. The molecule has 1 fully saturated rings. The molecule has 1 saturated heterocycles. The number of piperazine rings is 1. The van der Waals surface area contributed by atoms with E-state index in [1.54, 1.807) is 35.4 Å². The van der Waals surface area contributed by atoms with Gasteiger partial charge in [0.15, 0.2) is 0 Å². The first-order valence-electron chi connectivity index (χ1n) is 10.8. The predicted molar refractivity (Wildman–Crippen MR) is 132 cm³/mol. The zero-order valence-corrected chi connectivity index (χ0v) is 19.3. The number of carbonyl (C=O) groups excluding carboxylic acids is 2. The molecule has 10 heteroatoms. The zero-order valence-electron chi connectivity index (χ0n) is 18.5.